The minimum absolute atomic E-state index is 0.675. The summed E-state index contributed by atoms with van der Waals surface area (Å²) >= 11 is 9.65. The van der Waals surface area contributed by atoms with Crippen LogP contribution in [0.25, 0.3) is 10.9 Å². The maximum Gasteiger partial charge on any atom is 0.0908 e. The number of aromatic nitrogens is 1. The standard InChI is InChI=1S/C16H12BrClN2/c17-12-4-1-3-11(9-12)10-20-15-7-6-14(18)16-13(15)5-2-8-19-16/h1-9,20H,10H2. The molecule has 0 bridgehead atoms. The van der Waals surface area contributed by atoms with Gasteiger partial charge in [-0.2, -0.15) is 0 Å². The molecule has 0 aliphatic carbocycles. The monoisotopic (exact) mass is 346 g/mol. The van der Waals surface area contributed by atoms with Gasteiger partial charge in [0.2, 0.25) is 0 Å². The van der Waals surface area contributed by atoms with Crippen molar-refractivity contribution in [2.24, 2.45) is 0 Å². The summed E-state index contributed by atoms with van der Waals surface area (Å²) in [4.78, 5) is 4.33. The number of hydrogen-bond acceptors (Lipinski definition) is 2. The Hall–Kier alpha value is -1.58. The number of halogens is 2. The van der Waals surface area contributed by atoms with Crippen molar-refractivity contribution in [1.82, 2.24) is 4.98 Å². The van der Waals surface area contributed by atoms with Crippen molar-refractivity contribution in [1.29, 1.82) is 0 Å². The number of rotatable bonds is 3. The summed E-state index contributed by atoms with van der Waals surface area (Å²) in [6.07, 6.45) is 1.76. The van der Waals surface area contributed by atoms with Gasteiger partial charge in [-0.25, -0.2) is 0 Å². The Bertz CT molecular complexity index is 758. The molecule has 0 spiro atoms. The third-order valence-corrected chi connectivity index (χ3v) is 3.89. The molecule has 3 rings (SSSR count). The zero-order chi connectivity index (χ0) is 13.9. The van der Waals surface area contributed by atoms with Crippen LogP contribution in [-0.2, 0) is 6.54 Å². The Balaban J connectivity index is 1.90. The molecule has 0 saturated carbocycles. The molecule has 2 aromatic carbocycles. The predicted molar refractivity (Wildman–Crippen MR) is 88.2 cm³/mol. The highest BCUT2D eigenvalue weighted by Crippen LogP contribution is 2.28. The minimum Gasteiger partial charge on any atom is -0.380 e. The van der Waals surface area contributed by atoms with Crippen molar-refractivity contribution in [2.45, 2.75) is 6.54 Å². The van der Waals surface area contributed by atoms with E-state index in [0.717, 1.165) is 27.6 Å². The van der Waals surface area contributed by atoms with Gasteiger partial charge in [-0.3, -0.25) is 4.98 Å². The molecule has 0 amide bonds. The number of nitrogens with one attached hydrogen (secondary N) is 1. The molecule has 1 N–H and O–H groups in total. The molecule has 0 radical (unpaired) electrons. The van der Waals surface area contributed by atoms with Gasteiger partial charge in [0, 0.05) is 28.3 Å². The van der Waals surface area contributed by atoms with Gasteiger partial charge in [-0.05, 0) is 42.0 Å². The van der Waals surface area contributed by atoms with Crippen LogP contribution in [0.2, 0.25) is 5.02 Å². The second-order valence-electron chi connectivity index (χ2n) is 4.48. The van der Waals surface area contributed by atoms with Crippen LogP contribution in [0.4, 0.5) is 5.69 Å². The Morgan fingerprint density at radius 1 is 1.10 bits per heavy atom. The Labute approximate surface area is 130 Å². The van der Waals surface area contributed by atoms with E-state index in [-0.39, 0.29) is 0 Å². The minimum atomic E-state index is 0.675. The number of benzene rings is 2. The molecule has 0 aliphatic rings. The normalized spacial score (nSPS) is 10.7. The second-order valence-corrected chi connectivity index (χ2v) is 5.80. The lowest BCUT2D eigenvalue weighted by molar-refractivity contribution is 1.15. The van der Waals surface area contributed by atoms with Gasteiger partial charge in [-0.15, -0.1) is 0 Å². The summed E-state index contributed by atoms with van der Waals surface area (Å²) in [6.45, 7) is 0.755. The molecule has 0 aliphatic heterocycles. The fraction of sp³-hybridized carbons (Fsp3) is 0.0625. The summed E-state index contributed by atoms with van der Waals surface area (Å²) in [7, 11) is 0. The van der Waals surface area contributed by atoms with Crippen LogP contribution in [0.5, 0.6) is 0 Å². The highest BCUT2D eigenvalue weighted by molar-refractivity contribution is 9.10. The van der Waals surface area contributed by atoms with Gasteiger partial charge in [0.1, 0.15) is 0 Å². The van der Waals surface area contributed by atoms with Gasteiger partial charge in [0.25, 0.3) is 0 Å². The molecule has 0 unspecified atom stereocenters. The first-order valence-corrected chi connectivity index (χ1v) is 7.43. The van der Waals surface area contributed by atoms with Crippen LogP contribution in [0.15, 0.2) is 59.2 Å². The third-order valence-electron chi connectivity index (χ3n) is 3.09. The summed E-state index contributed by atoms with van der Waals surface area (Å²) in [5.74, 6) is 0. The van der Waals surface area contributed by atoms with Gasteiger partial charge in [0.05, 0.1) is 10.5 Å². The molecule has 20 heavy (non-hydrogen) atoms. The summed E-state index contributed by atoms with van der Waals surface area (Å²) in [6, 6.07) is 16.1. The number of hydrogen-bond donors (Lipinski definition) is 1. The maximum atomic E-state index is 6.17. The quantitative estimate of drug-likeness (QED) is 0.699. The zero-order valence-corrected chi connectivity index (χ0v) is 12.9. The van der Waals surface area contributed by atoms with Gasteiger partial charge in [-0.1, -0.05) is 39.7 Å². The molecule has 1 heterocycles. The molecular formula is C16H12BrClN2. The van der Waals surface area contributed by atoms with E-state index < -0.39 is 0 Å². The van der Waals surface area contributed by atoms with Crippen LogP contribution in [-0.4, -0.2) is 4.98 Å². The van der Waals surface area contributed by atoms with Crippen molar-refractivity contribution in [3.8, 4) is 0 Å². The number of pyridine rings is 1. The molecule has 4 heteroatoms. The van der Waals surface area contributed by atoms with E-state index >= 15 is 0 Å². The summed E-state index contributed by atoms with van der Waals surface area (Å²) in [5.41, 5.74) is 3.08. The fourth-order valence-corrected chi connectivity index (χ4v) is 2.80. The van der Waals surface area contributed by atoms with Crippen LogP contribution in [0, 0.1) is 0 Å². The fourth-order valence-electron chi connectivity index (χ4n) is 2.14. The molecular weight excluding hydrogens is 336 g/mol. The lowest BCUT2D eigenvalue weighted by Gasteiger charge is -2.10. The van der Waals surface area contributed by atoms with Crippen LogP contribution in [0.1, 0.15) is 5.56 Å². The van der Waals surface area contributed by atoms with Gasteiger partial charge >= 0.3 is 0 Å². The number of anilines is 1. The first kappa shape index (κ1) is 13.4. The zero-order valence-electron chi connectivity index (χ0n) is 10.6. The van der Waals surface area contributed by atoms with E-state index in [4.69, 9.17) is 11.6 Å². The van der Waals surface area contributed by atoms with Crippen molar-refractivity contribution < 1.29 is 0 Å². The predicted octanol–water partition coefficient (Wildman–Crippen LogP) is 5.26. The van der Waals surface area contributed by atoms with Crippen molar-refractivity contribution in [2.75, 3.05) is 5.32 Å². The van der Waals surface area contributed by atoms with E-state index in [9.17, 15) is 0 Å². The summed E-state index contributed by atoms with van der Waals surface area (Å²) in [5, 5.41) is 5.15. The van der Waals surface area contributed by atoms with E-state index in [1.165, 1.54) is 5.56 Å². The van der Waals surface area contributed by atoms with Crippen molar-refractivity contribution >= 4 is 44.1 Å². The average Bonchev–Trinajstić information content (AvgIpc) is 2.47. The van der Waals surface area contributed by atoms with Crippen molar-refractivity contribution in [3.05, 3.63) is 69.8 Å². The molecule has 100 valence electrons. The van der Waals surface area contributed by atoms with E-state index in [2.05, 4.69) is 38.4 Å². The number of nitrogens with zero attached hydrogens (tertiary/aromatic N) is 1. The third kappa shape index (κ3) is 2.79. The van der Waals surface area contributed by atoms with Gasteiger partial charge < -0.3 is 5.32 Å². The SMILES string of the molecule is Clc1ccc(NCc2cccc(Br)c2)c2cccnc12. The lowest BCUT2D eigenvalue weighted by Crippen LogP contribution is -2.00. The average molecular weight is 348 g/mol. The largest absolute Gasteiger partial charge is 0.380 e. The first-order valence-electron chi connectivity index (χ1n) is 6.25. The first-order chi connectivity index (χ1) is 9.74. The molecule has 3 aromatic rings. The smallest absolute Gasteiger partial charge is 0.0908 e. The molecule has 0 saturated heterocycles. The number of fused-ring (bicyclic) bond motifs is 1. The molecule has 1 aromatic heterocycles. The topological polar surface area (TPSA) is 24.9 Å². The molecule has 0 atom stereocenters. The second kappa shape index (κ2) is 5.81. The lowest BCUT2D eigenvalue weighted by atomic mass is 10.1. The van der Waals surface area contributed by atoms with Crippen molar-refractivity contribution in [3.63, 3.8) is 0 Å². The van der Waals surface area contributed by atoms with Crippen LogP contribution in [0.3, 0.4) is 0 Å². The molecule has 2 nitrogen and oxygen atoms in total. The summed E-state index contributed by atoms with van der Waals surface area (Å²) < 4.78 is 1.08. The maximum absolute atomic E-state index is 6.17. The Morgan fingerprint density at radius 2 is 2.00 bits per heavy atom. The Kier molecular flexibility index (Phi) is 3.90. The van der Waals surface area contributed by atoms with Crippen LogP contribution >= 0.6 is 27.5 Å². The molecule has 0 fully saturated rings. The Morgan fingerprint density at radius 3 is 2.85 bits per heavy atom. The van der Waals surface area contributed by atoms with E-state index in [1.807, 2.05) is 36.4 Å². The highest BCUT2D eigenvalue weighted by atomic mass is 79.9. The van der Waals surface area contributed by atoms with Gasteiger partial charge in [0.15, 0.2) is 0 Å². The van der Waals surface area contributed by atoms with E-state index in [0.29, 0.717) is 5.02 Å². The highest BCUT2D eigenvalue weighted by Gasteiger charge is 2.05. The van der Waals surface area contributed by atoms with Crippen LogP contribution < -0.4 is 5.32 Å². The van der Waals surface area contributed by atoms with E-state index in [1.54, 1.807) is 6.20 Å².